The molecule has 4 aromatic heterocycles. The second-order valence-electron chi connectivity index (χ2n) is 7.31. The molecule has 0 bridgehead atoms. The summed E-state index contributed by atoms with van der Waals surface area (Å²) in [5.74, 6) is 0.940. The summed E-state index contributed by atoms with van der Waals surface area (Å²) in [6.45, 7) is 1.86. The van der Waals surface area contributed by atoms with E-state index in [2.05, 4.69) is 35.9 Å². The summed E-state index contributed by atoms with van der Waals surface area (Å²) in [6, 6.07) is 3.69. The van der Waals surface area contributed by atoms with E-state index in [4.69, 9.17) is 4.42 Å². The lowest BCUT2D eigenvalue weighted by Gasteiger charge is -2.19. The van der Waals surface area contributed by atoms with Gasteiger partial charge in [0.2, 0.25) is 0 Å². The van der Waals surface area contributed by atoms with E-state index in [1.807, 2.05) is 6.07 Å². The molecule has 1 amide bonds. The van der Waals surface area contributed by atoms with Crippen molar-refractivity contribution in [2.45, 2.75) is 18.8 Å². The SMILES string of the molecule is Cn1cc(-c2cc3cc(NC(=O)c4coc(C5CCNCC5)n4)ncc3cn2)nn1. The van der Waals surface area contributed by atoms with Gasteiger partial charge in [0.15, 0.2) is 11.6 Å². The normalized spacial score (nSPS) is 14.8. The smallest absolute Gasteiger partial charge is 0.278 e. The molecule has 0 aromatic carbocycles. The van der Waals surface area contributed by atoms with E-state index in [1.165, 1.54) is 6.26 Å². The van der Waals surface area contributed by atoms with Crippen LogP contribution in [-0.2, 0) is 7.05 Å². The topological polar surface area (TPSA) is 124 Å². The number of piperidine rings is 1. The van der Waals surface area contributed by atoms with Crippen molar-refractivity contribution in [2.24, 2.45) is 7.05 Å². The average molecular weight is 404 g/mol. The number of carbonyl (C=O) groups is 1. The molecule has 5 heterocycles. The van der Waals surface area contributed by atoms with Crippen molar-refractivity contribution in [1.82, 2.24) is 35.3 Å². The third-order valence-corrected chi connectivity index (χ3v) is 5.15. The van der Waals surface area contributed by atoms with Gasteiger partial charge in [-0.1, -0.05) is 5.21 Å². The molecular weight excluding hydrogens is 384 g/mol. The molecule has 0 aliphatic carbocycles. The highest BCUT2D eigenvalue weighted by Gasteiger charge is 2.22. The molecule has 1 fully saturated rings. The van der Waals surface area contributed by atoms with Gasteiger partial charge in [-0.3, -0.25) is 14.5 Å². The van der Waals surface area contributed by atoms with Crippen LogP contribution < -0.4 is 10.6 Å². The second-order valence-corrected chi connectivity index (χ2v) is 7.31. The van der Waals surface area contributed by atoms with Gasteiger partial charge in [-0.25, -0.2) is 9.97 Å². The number of nitrogens with one attached hydrogen (secondary N) is 2. The maximum atomic E-state index is 12.6. The van der Waals surface area contributed by atoms with Gasteiger partial charge < -0.3 is 15.1 Å². The summed E-state index contributed by atoms with van der Waals surface area (Å²) in [5.41, 5.74) is 1.62. The van der Waals surface area contributed by atoms with Crippen molar-refractivity contribution >= 4 is 22.5 Å². The van der Waals surface area contributed by atoms with Gasteiger partial charge in [-0.2, -0.15) is 0 Å². The fourth-order valence-electron chi connectivity index (χ4n) is 3.54. The number of nitrogens with zero attached hydrogens (tertiary/aromatic N) is 6. The third-order valence-electron chi connectivity index (χ3n) is 5.15. The molecule has 30 heavy (non-hydrogen) atoms. The predicted octanol–water partition coefficient (Wildman–Crippen LogP) is 2.13. The zero-order valence-corrected chi connectivity index (χ0v) is 16.4. The van der Waals surface area contributed by atoms with Crippen molar-refractivity contribution < 1.29 is 9.21 Å². The lowest BCUT2D eigenvalue weighted by Crippen LogP contribution is -2.26. The highest BCUT2D eigenvalue weighted by molar-refractivity contribution is 6.03. The Hall–Kier alpha value is -3.66. The summed E-state index contributed by atoms with van der Waals surface area (Å²) in [5, 5.41) is 15.9. The number of aromatic nitrogens is 6. The quantitative estimate of drug-likeness (QED) is 0.530. The van der Waals surface area contributed by atoms with Crippen molar-refractivity contribution in [3.05, 3.63) is 48.6 Å². The van der Waals surface area contributed by atoms with E-state index in [-0.39, 0.29) is 17.5 Å². The Bertz CT molecular complexity index is 1210. The number of oxazole rings is 1. The zero-order chi connectivity index (χ0) is 20.5. The van der Waals surface area contributed by atoms with Gasteiger partial charge in [-0.05, 0) is 43.5 Å². The van der Waals surface area contributed by atoms with E-state index in [9.17, 15) is 4.79 Å². The minimum absolute atomic E-state index is 0.249. The average Bonchev–Trinajstić information content (AvgIpc) is 3.43. The number of anilines is 1. The number of pyridine rings is 2. The first-order chi connectivity index (χ1) is 14.7. The van der Waals surface area contributed by atoms with Gasteiger partial charge in [0.25, 0.3) is 5.91 Å². The van der Waals surface area contributed by atoms with Gasteiger partial charge in [0.1, 0.15) is 17.8 Å². The highest BCUT2D eigenvalue weighted by Crippen LogP contribution is 2.25. The zero-order valence-electron chi connectivity index (χ0n) is 16.4. The van der Waals surface area contributed by atoms with E-state index >= 15 is 0 Å². The molecule has 0 spiro atoms. The molecular formula is C20H20N8O2. The Morgan fingerprint density at radius 1 is 1.17 bits per heavy atom. The summed E-state index contributed by atoms with van der Waals surface area (Å²) < 4.78 is 7.18. The minimum Gasteiger partial charge on any atom is -0.448 e. The van der Waals surface area contributed by atoms with E-state index < -0.39 is 0 Å². The predicted molar refractivity (Wildman–Crippen MR) is 109 cm³/mol. The molecule has 10 heteroatoms. The lowest BCUT2D eigenvalue weighted by molar-refractivity contribution is 0.102. The van der Waals surface area contributed by atoms with E-state index in [0.717, 1.165) is 36.7 Å². The monoisotopic (exact) mass is 404 g/mol. The lowest BCUT2D eigenvalue weighted by atomic mass is 9.98. The minimum atomic E-state index is -0.353. The number of rotatable bonds is 4. The molecule has 1 aliphatic rings. The molecule has 4 aromatic rings. The molecule has 10 nitrogen and oxygen atoms in total. The molecule has 1 saturated heterocycles. The standard InChI is InChI=1S/C20H20N8O2/c1-28-10-16(26-27-28)15-6-13-7-18(23-9-14(13)8-22-15)25-19(29)17-11-30-20(24-17)12-2-4-21-5-3-12/h6-12,21H,2-5H2,1H3,(H,23,25,29). The van der Waals surface area contributed by atoms with Crippen LogP contribution in [0.25, 0.3) is 22.2 Å². The first-order valence-electron chi connectivity index (χ1n) is 9.76. The van der Waals surface area contributed by atoms with Crippen molar-refractivity contribution in [3.8, 4) is 11.4 Å². The van der Waals surface area contributed by atoms with Crippen molar-refractivity contribution in [2.75, 3.05) is 18.4 Å². The van der Waals surface area contributed by atoms with E-state index in [0.29, 0.717) is 23.1 Å². The fraction of sp³-hybridized carbons (Fsp3) is 0.300. The van der Waals surface area contributed by atoms with Crippen LogP contribution >= 0.6 is 0 Å². The summed E-state index contributed by atoms with van der Waals surface area (Å²) >= 11 is 0. The van der Waals surface area contributed by atoms with Gasteiger partial charge >= 0.3 is 0 Å². The molecule has 2 N–H and O–H groups in total. The number of aryl methyl sites for hydroxylation is 1. The van der Waals surface area contributed by atoms with Crippen LogP contribution in [0.15, 0.2) is 41.4 Å². The number of hydrogen-bond acceptors (Lipinski definition) is 8. The first-order valence-corrected chi connectivity index (χ1v) is 9.76. The van der Waals surface area contributed by atoms with Crippen LogP contribution in [0.5, 0.6) is 0 Å². The van der Waals surface area contributed by atoms with Crippen LogP contribution in [0.1, 0.15) is 35.1 Å². The Morgan fingerprint density at radius 2 is 2.00 bits per heavy atom. The first kappa shape index (κ1) is 18.4. The van der Waals surface area contributed by atoms with Crippen LogP contribution in [0.2, 0.25) is 0 Å². The molecule has 0 unspecified atom stereocenters. The van der Waals surface area contributed by atoms with Gasteiger partial charge in [0.05, 0.1) is 11.9 Å². The van der Waals surface area contributed by atoms with E-state index in [1.54, 1.807) is 36.4 Å². The van der Waals surface area contributed by atoms with Crippen molar-refractivity contribution in [3.63, 3.8) is 0 Å². The maximum Gasteiger partial charge on any atom is 0.278 e. The van der Waals surface area contributed by atoms with Crippen LogP contribution in [-0.4, -0.2) is 48.9 Å². The largest absolute Gasteiger partial charge is 0.448 e. The van der Waals surface area contributed by atoms with Crippen molar-refractivity contribution in [1.29, 1.82) is 0 Å². The van der Waals surface area contributed by atoms with Crippen LogP contribution in [0.3, 0.4) is 0 Å². The number of carbonyl (C=O) groups excluding carboxylic acids is 1. The molecule has 0 radical (unpaired) electrons. The molecule has 1 aliphatic heterocycles. The molecule has 152 valence electrons. The number of amides is 1. The highest BCUT2D eigenvalue weighted by atomic mass is 16.3. The Morgan fingerprint density at radius 3 is 2.80 bits per heavy atom. The Labute approximate surface area is 171 Å². The Kier molecular flexibility index (Phi) is 4.68. The third kappa shape index (κ3) is 3.64. The summed E-state index contributed by atoms with van der Waals surface area (Å²) in [4.78, 5) is 25.7. The summed E-state index contributed by atoms with van der Waals surface area (Å²) in [6.07, 6.45) is 8.50. The number of fused-ring (bicyclic) bond motifs is 1. The maximum absolute atomic E-state index is 12.6. The van der Waals surface area contributed by atoms with Gasteiger partial charge in [-0.15, -0.1) is 5.10 Å². The summed E-state index contributed by atoms with van der Waals surface area (Å²) in [7, 11) is 1.80. The molecule has 5 rings (SSSR count). The fourth-order valence-corrected chi connectivity index (χ4v) is 3.54. The second kappa shape index (κ2) is 7.64. The van der Waals surface area contributed by atoms with Gasteiger partial charge in [0, 0.05) is 30.7 Å². The Balaban J connectivity index is 1.35. The number of hydrogen-bond donors (Lipinski definition) is 2. The molecule has 0 saturated carbocycles. The van der Waals surface area contributed by atoms with Crippen LogP contribution in [0.4, 0.5) is 5.82 Å². The molecule has 0 atom stereocenters. The van der Waals surface area contributed by atoms with Crippen LogP contribution in [0, 0.1) is 0 Å².